The maximum absolute atomic E-state index is 12.0. The molecule has 4 rings (SSSR count). The van der Waals surface area contributed by atoms with Crippen molar-refractivity contribution in [2.75, 3.05) is 5.73 Å². The van der Waals surface area contributed by atoms with E-state index in [0.29, 0.717) is 10.8 Å². The molecule has 0 atom stereocenters. The summed E-state index contributed by atoms with van der Waals surface area (Å²) in [5, 5.41) is 20.0. The van der Waals surface area contributed by atoms with Gasteiger partial charge in [-0.3, -0.25) is 9.11 Å². The highest BCUT2D eigenvalue weighted by Gasteiger charge is 2.22. The number of fused-ring (bicyclic) bond motifs is 2. The molecule has 0 aliphatic heterocycles. The van der Waals surface area contributed by atoms with Crippen molar-refractivity contribution in [2.24, 2.45) is 10.2 Å². The number of phenolic OH excluding ortho intramolecular Hbond substituents is 1. The van der Waals surface area contributed by atoms with E-state index >= 15 is 0 Å². The van der Waals surface area contributed by atoms with Crippen LogP contribution in [0.4, 0.5) is 17.1 Å². The van der Waals surface area contributed by atoms with E-state index in [2.05, 4.69) is 10.2 Å². The quantitative estimate of drug-likeness (QED) is 0.175. The van der Waals surface area contributed by atoms with Crippen molar-refractivity contribution in [1.82, 2.24) is 0 Å². The van der Waals surface area contributed by atoms with Gasteiger partial charge in [-0.1, -0.05) is 23.8 Å². The van der Waals surface area contributed by atoms with Crippen molar-refractivity contribution in [2.45, 2.75) is 23.6 Å². The second kappa shape index (κ2) is 8.02. The molecule has 34 heavy (non-hydrogen) atoms. The summed E-state index contributed by atoms with van der Waals surface area (Å²) in [5.41, 5.74) is 6.45. The van der Waals surface area contributed by atoms with Crippen LogP contribution >= 0.6 is 0 Å². The zero-order chi connectivity index (χ0) is 25.0. The molecule has 0 saturated carbocycles. The summed E-state index contributed by atoms with van der Waals surface area (Å²) in [5.74, 6) is -0.450. The van der Waals surface area contributed by atoms with Gasteiger partial charge in [0.15, 0.2) is 5.75 Å². The van der Waals surface area contributed by atoms with Gasteiger partial charge in [0.1, 0.15) is 21.2 Å². The number of hydrogen-bond donors (Lipinski definition) is 4. The molecule has 0 aliphatic carbocycles. The Morgan fingerprint density at radius 2 is 1.50 bits per heavy atom. The summed E-state index contributed by atoms with van der Waals surface area (Å²) in [6.07, 6.45) is 0. The average Bonchev–Trinajstić information content (AvgIpc) is 2.71. The van der Waals surface area contributed by atoms with Crippen molar-refractivity contribution in [3.63, 3.8) is 0 Å². The number of rotatable bonds is 4. The third kappa shape index (κ3) is 4.19. The topological polar surface area (TPSA) is 180 Å². The lowest BCUT2D eigenvalue weighted by atomic mass is 10.0. The molecule has 0 bridgehead atoms. The molecular formula is C22H19N3O7S2. The van der Waals surface area contributed by atoms with Crippen LogP contribution in [0.5, 0.6) is 5.75 Å². The molecule has 0 heterocycles. The molecule has 10 nitrogen and oxygen atoms in total. The fraction of sp³-hybridized carbons (Fsp3) is 0.0909. The van der Waals surface area contributed by atoms with Crippen molar-refractivity contribution >= 4 is 58.8 Å². The van der Waals surface area contributed by atoms with E-state index in [-0.39, 0.29) is 33.4 Å². The standard InChI is InChI=1S/C22H19N3O7S2/c1-11-3-4-13-9-18(19(33(27,28)29)10-14(13)7-11)24-25-20-12(2)8-16-15(21(20)26)5-6-17(23)22(16)34(30,31)32/h3-10,26H,23H2,1-2H3,(H,27,28,29)(H,30,31,32). The molecular weight excluding hydrogens is 482 g/mol. The van der Waals surface area contributed by atoms with Crippen molar-refractivity contribution < 1.29 is 31.0 Å². The number of aromatic hydroxyl groups is 1. The largest absolute Gasteiger partial charge is 0.505 e. The highest BCUT2D eigenvalue weighted by atomic mass is 32.2. The normalized spacial score (nSPS) is 12.7. The SMILES string of the molecule is Cc1ccc2cc(N=Nc3c(C)cc4c(S(=O)(=O)O)c(N)ccc4c3O)c(S(=O)(=O)O)cc2c1. The maximum Gasteiger partial charge on any atom is 0.297 e. The molecule has 0 aromatic heterocycles. The Balaban J connectivity index is 1.94. The molecule has 0 spiro atoms. The van der Waals surface area contributed by atoms with Crippen LogP contribution in [0.25, 0.3) is 21.5 Å². The van der Waals surface area contributed by atoms with Crippen LogP contribution in [0.3, 0.4) is 0 Å². The van der Waals surface area contributed by atoms with Crippen molar-refractivity contribution in [3.05, 3.63) is 59.7 Å². The first-order valence-corrected chi connectivity index (χ1v) is 12.6. The van der Waals surface area contributed by atoms with E-state index in [1.807, 2.05) is 13.0 Å². The van der Waals surface area contributed by atoms with Gasteiger partial charge in [-0.05, 0) is 60.5 Å². The number of phenols is 1. The zero-order valence-corrected chi connectivity index (χ0v) is 19.5. The predicted molar refractivity (Wildman–Crippen MR) is 127 cm³/mol. The lowest BCUT2D eigenvalue weighted by Crippen LogP contribution is -2.04. The molecule has 4 aromatic carbocycles. The van der Waals surface area contributed by atoms with Gasteiger partial charge >= 0.3 is 0 Å². The predicted octanol–water partition coefficient (Wildman–Crippen LogP) is 4.81. The highest BCUT2D eigenvalue weighted by molar-refractivity contribution is 7.86. The Morgan fingerprint density at radius 3 is 2.15 bits per heavy atom. The Bertz CT molecular complexity index is 1750. The van der Waals surface area contributed by atoms with Crippen molar-refractivity contribution in [1.29, 1.82) is 0 Å². The third-order valence-corrected chi connectivity index (χ3v) is 7.16. The summed E-state index contributed by atoms with van der Waals surface area (Å²) in [7, 11) is -9.34. The van der Waals surface area contributed by atoms with Crippen LogP contribution in [0.15, 0.2) is 68.6 Å². The summed E-state index contributed by atoms with van der Waals surface area (Å²) in [4.78, 5) is -1.01. The fourth-order valence-electron chi connectivity index (χ4n) is 3.75. The molecule has 0 saturated heterocycles. The van der Waals surface area contributed by atoms with E-state index in [0.717, 1.165) is 5.56 Å². The van der Waals surface area contributed by atoms with Crippen LogP contribution in [-0.4, -0.2) is 31.0 Å². The molecule has 0 amide bonds. The first kappa shape index (κ1) is 23.6. The van der Waals surface area contributed by atoms with Gasteiger partial charge < -0.3 is 10.8 Å². The first-order chi connectivity index (χ1) is 15.8. The fourth-order valence-corrected chi connectivity index (χ4v) is 5.20. The Kier molecular flexibility index (Phi) is 5.56. The van der Waals surface area contributed by atoms with E-state index in [9.17, 15) is 31.0 Å². The maximum atomic E-state index is 12.0. The monoisotopic (exact) mass is 501 g/mol. The molecule has 176 valence electrons. The number of aryl methyl sites for hydroxylation is 2. The first-order valence-electron chi connectivity index (χ1n) is 9.73. The molecule has 4 aromatic rings. The van der Waals surface area contributed by atoms with Gasteiger partial charge in [0.2, 0.25) is 0 Å². The number of nitrogen functional groups attached to an aromatic ring is 1. The second-order valence-electron chi connectivity index (χ2n) is 7.79. The molecule has 0 aliphatic rings. The molecule has 12 heteroatoms. The molecule has 5 N–H and O–H groups in total. The number of anilines is 1. The smallest absolute Gasteiger partial charge is 0.297 e. The van der Waals surface area contributed by atoms with E-state index < -0.39 is 35.8 Å². The summed E-state index contributed by atoms with van der Waals surface area (Å²) < 4.78 is 66.9. The van der Waals surface area contributed by atoms with Gasteiger partial charge in [0, 0.05) is 10.8 Å². The van der Waals surface area contributed by atoms with Crippen molar-refractivity contribution in [3.8, 4) is 5.75 Å². The van der Waals surface area contributed by atoms with Gasteiger partial charge in [0.05, 0.1) is 5.69 Å². The second-order valence-corrected chi connectivity index (χ2v) is 10.5. The molecule has 0 unspecified atom stereocenters. The minimum atomic E-state index is -4.69. The summed E-state index contributed by atoms with van der Waals surface area (Å²) in [6.45, 7) is 3.35. The third-order valence-electron chi connectivity index (χ3n) is 5.31. The summed E-state index contributed by atoms with van der Waals surface area (Å²) >= 11 is 0. The minimum absolute atomic E-state index is 0.0175. The van der Waals surface area contributed by atoms with Gasteiger partial charge in [0.25, 0.3) is 20.2 Å². The Morgan fingerprint density at radius 1 is 0.794 bits per heavy atom. The number of hydrogen-bond acceptors (Lipinski definition) is 8. The Labute approximate surface area is 194 Å². The van der Waals surface area contributed by atoms with Gasteiger partial charge in [-0.2, -0.15) is 16.8 Å². The molecule has 0 radical (unpaired) electrons. The number of azo groups is 1. The van der Waals surface area contributed by atoms with Gasteiger partial charge in [-0.25, -0.2) is 0 Å². The lowest BCUT2D eigenvalue weighted by Gasteiger charge is -2.12. The number of nitrogens with zero attached hydrogens (tertiary/aromatic N) is 2. The average molecular weight is 502 g/mol. The van der Waals surface area contributed by atoms with E-state index in [1.165, 1.54) is 37.3 Å². The Hall–Kier alpha value is -3.58. The van der Waals surface area contributed by atoms with Crippen LogP contribution < -0.4 is 5.73 Å². The zero-order valence-electron chi connectivity index (χ0n) is 17.9. The van der Waals surface area contributed by atoms with Crippen LogP contribution in [0.1, 0.15) is 11.1 Å². The number of nitrogens with two attached hydrogens (primary N) is 1. The number of benzene rings is 4. The van der Waals surface area contributed by atoms with E-state index in [4.69, 9.17) is 5.73 Å². The van der Waals surface area contributed by atoms with Gasteiger partial charge in [-0.15, -0.1) is 10.2 Å². The van der Waals surface area contributed by atoms with Crippen LogP contribution in [0.2, 0.25) is 0 Å². The minimum Gasteiger partial charge on any atom is -0.505 e. The van der Waals surface area contributed by atoms with Crippen LogP contribution in [0, 0.1) is 13.8 Å². The van der Waals surface area contributed by atoms with E-state index in [1.54, 1.807) is 12.1 Å². The van der Waals surface area contributed by atoms with Crippen LogP contribution in [-0.2, 0) is 20.2 Å². The summed E-state index contributed by atoms with van der Waals surface area (Å²) in [6, 6.07) is 12.0. The lowest BCUT2D eigenvalue weighted by molar-refractivity contribution is 0.481. The highest BCUT2D eigenvalue weighted by Crippen LogP contribution is 2.42. The molecule has 0 fully saturated rings.